The van der Waals surface area contributed by atoms with E-state index in [4.69, 9.17) is 0 Å². The Kier molecular flexibility index (Phi) is 3.58. The molecule has 2 atom stereocenters. The fourth-order valence-electron chi connectivity index (χ4n) is 3.37. The van der Waals surface area contributed by atoms with E-state index in [0.29, 0.717) is 6.04 Å². The summed E-state index contributed by atoms with van der Waals surface area (Å²) in [5, 5.41) is 11.1. The lowest BCUT2D eigenvalue weighted by molar-refractivity contribution is 0.340. The summed E-state index contributed by atoms with van der Waals surface area (Å²) in [4.78, 5) is 7.00. The Hall–Kier alpha value is -1.15. The lowest BCUT2D eigenvalue weighted by atomic mass is 9.94. The van der Waals surface area contributed by atoms with Crippen LogP contribution >= 0.6 is 22.6 Å². The molecule has 2 unspecified atom stereocenters. The molecule has 0 saturated carbocycles. The van der Waals surface area contributed by atoms with Crippen molar-refractivity contribution in [2.75, 3.05) is 24.5 Å². The quantitative estimate of drug-likeness (QED) is 0.767. The molecule has 21 heavy (non-hydrogen) atoms. The Morgan fingerprint density at radius 1 is 1.29 bits per heavy atom. The summed E-state index contributed by atoms with van der Waals surface area (Å²) in [5.41, 5.74) is 1.09. The van der Waals surface area contributed by atoms with Crippen LogP contribution in [0.2, 0.25) is 0 Å². The molecule has 5 nitrogen and oxygen atoms in total. The number of halogens is 1. The number of hydrogen-bond acceptors (Lipinski definition) is 4. The number of H-pyrrole nitrogens is 1. The first-order valence-electron chi connectivity index (χ1n) is 7.46. The summed E-state index contributed by atoms with van der Waals surface area (Å²) < 4.78 is 1.21. The molecule has 1 aromatic heterocycles. The van der Waals surface area contributed by atoms with E-state index < -0.39 is 0 Å². The Bertz CT molecular complexity index is 626. The fourth-order valence-corrected chi connectivity index (χ4v) is 3.91. The summed E-state index contributed by atoms with van der Waals surface area (Å²) in [5.74, 6) is 2.43. The normalized spacial score (nSPS) is 25.1. The van der Waals surface area contributed by atoms with Gasteiger partial charge in [-0.15, -0.1) is 5.10 Å². The predicted molar refractivity (Wildman–Crippen MR) is 91.3 cm³/mol. The van der Waals surface area contributed by atoms with E-state index in [9.17, 15) is 0 Å². The summed E-state index contributed by atoms with van der Waals surface area (Å²) in [6.07, 6.45) is 2.61. The Morgan fingerprint density at radius 2 is 2.24 bits per heavy atom. The van der Waals surface area contributed by atoms with Crippen LogP contribution in [0.25, 0.3) is 11.4 Å². The van der Waals surface area contributed by atoms with Crippen molar-refractivity contribution in [3.8, 4) is 11.4 Å². The van der Waals surface area contributed by atoms with Gasteiger partial charge in [0.05, 0.1) is 0 Å². The third-order valence-electron chi connectivity index (χ3n) is 4.45. The maximum Gasteiger partial charge on any atom is 0.245 e. The van der Waals surface area contributed by atoms with Gasteiger partial charge in [0.25, 0.3) is 0 Å². The maximum absolute atomic E-state index is 4.69. The zero-order valence-electron chi connectivity index (χ0n) is 11.7. The third-order valence-corrected chi connectivity index (χ3v) is 5.12. The van der Waals surface area contributed by atoms with Gasteiger partial charge in [0, 0.05) is 28.3 Å². The van der Waals surface area contributed by atoms with E-state index >= 15 is 0 Å². The number of benzene rings is 1. The number of rotatable bonds is 2. The molecule has 2 fully saturated rings. The smallest absolute Gasteiger partial charge is 0.245 e. The van der Waals surface area contributed by atoms with Crippen LogP contribution in [0.15, 0.2) is 24.3 Å². The van der Waals surface area contributed by atoms with Crippen molar-refractivity contribution in [1.29, 1.82) is 0 Å². The zero-order chi connectivity index (χ0) is 14.2. The fraction of sp³-hybridized carbons (Fsp3) is 0.467. The lowest BCUT2D eigenvalue weighted by Crippen LogP contribution is -2.40. The molecule has 2 aromatic rings. The molecular weight excluding hydrogens is 377 g/mol. The number of anilines is 1. The Labute approximate surface area is 137 Å². The van der Waals surface area contributed by atoms with Crippen molar-refractivity contribution < 1.29 is 0 Å². The van der Waals surface area contributed by atoms with Crippen LogP contribution in [0, 0.1) is 9.49 Å². The van der Waals surface area contributed by atoms with Crippen molar-refractivity contribution in [2.45, 2.75) is 18.9 Å². The average Bonchev–Trinajstić information content (AvgIpc) is 3.14. The molecule has 0 amide bonds. The average molecular weight is 395 g/mol. The maximum atomic E-state index is 4.69. The van der Waals surface area contributed by atoms with Gasteiger partial charge in [-0.1, -0.05) is 12.1 Å². The molecule has 0 bridgehead atoms. The SMILES string of the molecule is Ic1cccc(-c2nc(N3CC4CCCNC4C3)n[nH]2)c1. The van der Waals surface area contributed by atoms with Crippen LogP contribution in [0.3, 0.4) is 0 Å². The Balaban J connectivity index is 1.55. The standard InChI is InChI=1S/C15H18IN5/c16-12-5-1-3-10(7-12)14-18-15(20-19-14)21-8-11-4-2-6-17-13(11)9-21/h1,3,5,7,11,13,17H,2,4,6,8-9H2,(H,18,19,20). The molecule has 2 saturated heterocycles. The largest absolute Gasteiger partial charge is 0.338 e. The van der Waals surface area contributed by atoms with Crippen molar-refractivity contribution in [2.24, 2.45) is 5.92 Å². The summed E-state index contributed by atoms with van der Waals surface area (Å²) in [6, 6.07) is 8.93. The highest BCUT2D eigenvalue weighted by Crippen LogP contribution is 2.28. The number of aromatic amines is 1. The van der Waals surface area contributed by atoms with Gasteiger partial charge in [0.2, 0.25) is 5.95 Å². The minimum absolute atomic E-state index is 0.610. The van der Waals surface area contributed by atoms with Gasteiger partial charge in [-0.2, -0.15) is 4.98 Å². The molecule has 3 heterocycles. The van der Waals surface area contributed by atoms with E-state index in [1.54, 1.807) is 0 Å². The molecule has 2 N–H and O–H groups in total. The third kappa shape index (κ3) is 2.66. The molecule has 110 valence electrons. The van der Waals surface area contributed by atoms with Crippen molar-refractivity contribution >= 4 is 28.5 Å². The van der Waals surface area contributed by atoms with Crippen molar-refractivity contribution in [3.63, 3.8) is 0 Å². The molecular formula is C15H18IN5. The molecule has 0 radical (unpaired) electrons. The highest BCUT2D eigenvalue weighted by molar-refractivity contribution is 14.1. The minimum atomic E-state index is 0.610. The number of hydrogen-bond donors (Lipinski definition) is 2. The van der Waals surface area contributed by atoms with Crippen molar-refractivity contribution in [1.82, 2.24) is 20.5 Å². The van der Waals surface area contributed by atoms with E-state index in [0.717, 1.165) is 42.9 Å². The highest BCUT2D eigenvalue weighted by Gasteiger charge is 2.35. The van der Waals surface area contributed by atoms with Crippen LogP contribution < -0.4 is 10.2 Å². The van der Waals surface area contributed by atoms with Gasteiger partial charge in [0.15, 0.2) is 5.82 Å². The Morgan fingerprint density at radius 3 is 3.10 bits per heavy atom. The number of nitrogens with zero attached hydrogens (tertiary/aromatic N) is 3. The van der Waals surface area contributed by atoms with Crippen LogP contribution in [0.4, 0.5) is 5.95 Å². The van der Waals surface area contributed by atoms with E-state index in [-0.39, 0.29) is 0 Å². The second kappa shape index (κ2) is 5.57. The zero-order valence-corrected chi connectivity index (χ0v) is 13.9. The van der Waals surface area contributed by atoms with Crippen LogP contribution in [-0.4, -0.2) is 40.9 Å². The highest BCUT2D eigenvalue weighted by atomic mass is 127. The lowest BCUT2D eigenvalue weighted by Gasteiger charge is -2.24. The van der Waals surface area contributed by atoms with Gasteiger partial charge < -0.3 is 10.2 Å². The number of nitrogens with one attached hydrogen (secondary N) is 2. The first-order chi connectivity index (χ1) is 10.3. The number of fused-ring (bicyclic) bond motifs is 1. The summed E-state index contributed by atoms with van der Waals surface area (Å²) in [6.45, 7) is 3.24. The first kappa shape index (κ1) is 13.5. The molecule has 2 aliphatic rings. The minimum Gasteiger partial charge on any atom is -0.338 e. The second-order valence-electron chi connectivity index (χ2n) is 5.86. The monoisotopic (exact) mass is 395 g/mol. The van der Waals surface area contributed by atoms with E-state index in [2.05, 4.69) is 66.2 Å². The van der Waals surface area contributed by atoms with Gasteiger partial charge in [-0.05, 0) is 60.0 Å². The number of piperidine rings is 1. The van der Waals surface area contributed by atoms with E-state index in [1.165, 1.54) is 16.4 Å². The molecule has 0 spiro atoms. The van der Waals surface area contributed by atoms with Gasteiger partial charge in [0.1, 0.15) is 0 Å². The van der Waals surface area contributed by atoms with E-state index in [1.807, 2.05) is 6.07 Å². The molecule has 6 heteroatoms. The van der Waals surface area contributed by atoms with Gasteiger partial charge >= 0.3 is 0 Å². The van der Waals surface area contributed by atoms with Gasteiger partial charge in [-0.3, -0.25) is 5.10 Å². The topological polar surface area (TPSA) is 56.8 Å². The molecule has 4 rings (SSSR count). The van der Waals surface area contributed by atoms with Crippen LogP contribution in [0.1, 0.15) is 12.8 Å². The second-order valence-corrected chi connectivity index (χ2v) is 7.11. The molecule has 2 aliphatic heterocycles. The molecule has 0 aliphatic carbocycles. The number of aromatic nitrogens is 3. The van der Waals surface area contributed by atoms with Crippen LogP contribution in [-0.2, 0) is 0 Å². The molecule has 1 aromatic carbocycles. The predicted octanol–water partition coefficient (Wildman–Crippen LogP) is 2.26. The summed E-state index contributed by atoms with van der Waals surface area (Å²) in [7, 11) is 0. The van der Waals surface area contributed by atoms with Crippen LogP contribution in [0.5, 0.6) is 0 Å². The first-order valence-corrected chi connectivity index (χ1v) is 8.54. The van der Waals surface area contributed by atoms with Gasteiger partial charge in [-0.25, -0.2) is 0 Å². The van der Waals surface area contributed by atoms with Crippen molar-refractivity contribution in [3.05, 3.63) is 27.8 Å². The summed E-state index contributed by atoms with van der Waals surface area (Å²) >= 11 is 2.32.